The molecule has 2 heterocycles. The molecule has 0 saturated carbocycles. The number of piperazine rings is 1. The Hall–Kier alpha value is -2.37. The summed E-state index contributed by atoms with van der Waals surface area (Å²) < 4.78 is 86.5. The van der Waals surface area contributed by atoms with Crippen molar-refractivity contribution in [2.24, 2.45) is 17.6 Å². The number of rotatable bonds is 6. The minimum absolute atomic E-state index is 0.0207. The van der Waals surface area contributed by atoms with E-state index in [9.17, 15) is 31.1 Å². The van der Waals surface area contributed by atoms with Crippen LogP contribution < -0.4 is 11.1 Å². The van der Waals surface area contributed by atoms with E-state index >= 15 is 0 Å². The number of ether oxygens (including phenoxy) is 1. The van der Waals surface area contributed by atoms with Gasteiger partial charge in [-0.25, -0.2) is 0 Å². The molecule has 6 atom stereocenters. The van der Waals surface area contributed by atoms with E-state index in [0.717, 1.165) is 0 Å². The van der Waals surface area contributed by atoms with E-state index in [0.29, 0.717) is 31.5 Å². The van der Waals surface area contributed by atoms with Gasteiger partial charge in [-0.1, -0.05) is 31.2 Å². The third-order valence-corrected chi connectivity index (χ3v) is 7.98. The Morgan fingerprint density at radius 3 is 2.27 bits per heavy atom. The number of amides is 1. The van der Waals surface area contributed by atoms with Crippen molar-refractivity contribution in [3.8, 4) is 0 Å². The Bertz CT molecular complexity index is 1050. The minimum atomic E-state index is -4.94. The number of carbonyl (C=O) groups excluding carboxylic acids is 1. The highest BCUT2D eigenvalue weighted by molar-refractivity contribution is 5.80. The molecule has 1 aliphatic carbocycles. The number of nitrogens with two attached hydrogens (primary N) is 1. The van der Waals surface area contributed by atoms with Gasteiger partial charge in [-0.2, -0.15) is 26.3 Å². The largest absolute Gasteiger partial charge is 0.416 e. The lowest BCUT2D eigenvalue weighted by Crippen LogP contribution is -2.76. The number of hydrogen-bond donors (Lipinski definition) is 2. The molecular weight excluding hydrogens is 500 g/mol. The predicted molar refractivity (Wildman–Crippen MR) is 125 cm³/mol. The zero-order valence-corrected chi connectivity index (χ0v) is 20.6. The second kappa shape index (κ2) is 9.74. The number of fused-ring (bicyclic) bond motifs is 2. The van der Waals surface area contributed by atoms with Gasteiger partial charge in [-0.3, -0.25) is 9.69 Å². The molecule has 2 saturated heterocycles. The molecule has 37 heavy (non-hydrogen) atoms. The molecule has 1 aromatic carbocycles. The van der Waals surface area contributed by atoms with E-state index in [1.54, 1.807) is 0 Å². The molecule has 204 valence electrons. The van der Waals surface area contributed by atoms with Crippen LogP contribution in [-0.2, 0) is 21.9 Å². The summed E-state index contributed by atoms with van der Waals surface area (Å²) in [6.07, 6.45) is -1.88. The van der Waals surface area contributed by atoms with Crippen LogP contribution >= 0.6 is 0 Å². The molecular formula is C26H31F6N3O2. The maximum atomic E-state index is 13.4. The zero-order valence-electron chi connectivity index (χ0n) is 20.6. The molecule has 3 aliphatic rings. The highest BCUT2D eigenvalue weighted by atomic mass is 19.4. The average molecular weight is 532 g/mol. The maximum absolute atomic E-state index is 13.4. The number of nitrogens with one attached hydrogen (secondary N) is 1. The lowest BCUT2D eigenvalue weighted by atomic mass is 9.66. The monoisotopic (exact) mass is 531 g/mol. The van der Waals surface area contributed by atoms with Gasteiger partial charge in [-0.05, 0) is 49.4 Å². The zero-order chi connectivity index (χ0) is 27.2. The van der Waals surface area contributed by atoms with Gasteiger partial charge in [0.25, 0.3) is 0 Å². The fourth-order valence-electron chi connectivity index (χ4n) is 5.86. The van der Waals surface area contributed by atoms with Gasteiger partial charge in [0.05, 0.1) is 41.5 Å². The highest BCUT2D eigenvalue weighted by Crippen LogP contribution is 2.45. The van der Waals surface area contributed by atoms with Crippen LogP contribution in [0.5, 0.6) is 0 Å². The number of benzene rings is 1. The molecule has 1 amide bonds. The topological polar surface area (TPSA) is 67.6 Å². The third-order valence-electron chi connectivity index (χ3n) is 7.98. The first-order chi connectivity index (χ1) is 17.2. The van der Waals surface area contributed by atoms with Gasteiger partial charge in [0.15, 0.2) is 0 Å². The molecule has 4 rings (SSSR count). The van der Waals surface area contributed by atoms with Gasteiger partial charge in [-0.15, -0.1) is 0 Å². The first kappa shape index (κ1) is 27.7. The first-order valence-electron chi connectivity index (χ1n) is 12.2. The van der Waals surface area contributed by atoms with Gasteiger partial charge in [0, 0.05) is 19.0 Å². The van der Waals surface area contributed by atoms with Crippen molar-refractivity contribution in [1.29, 1.82) is 0 Å². The Kier molecular flexibility index (Phi) is 7.28. The smallest absolute Gasteiger partial charge is 0.372 e. The van der Waals surface area contributed by atoms with Crippen molar-refractivity contribution >= 4 is 5.91 Å². The van der Waals surface area contributed by atoms with E-state index < -0.39 is 40.7 Å². The Labute approximate surface area is 211 Å². The number of alkyl halides is 6. The first-order valence-corrected chi connectivity index (χ1v) is 12.2. The SMILES string of the molecule is CC1C=CC=CC1[C@]1(CO[C@H](C)c2cc(C(F)(F)F)cc(C(F)(F)F)c2)CC[C@]2(CN)CN1CC(=O)N2. The molecule has 3 unspecified atom stereocenters. The predicted octanol–water partition coefficient (Wildman–Crippen LogP) is 4.84. The summed E-state index contributed by atoms with van der Waals surface area (Å²) in [6.45, 7) is 4.33. The van der Waals surface area contributed by atoms with Crippen molar-refractivity contribution in [3.63, 3.8) is 0 Å². The Morgan fingerprint density at radius 2 is 1.70 bits per heavy atom. The minimum Gasteiger partial charge on any atom is -0.372 e. The van der Waals surface area contributed by atoms with Crippen LogP contribution in [0.4, 0.5) is 26.3 Å². The van der Waals surface area contributed by atoms with E-state index in [1.807, 2.05) is 36.1 Å². The summed E-state index contributed by atoms with van der Waals surface area (Å²) in [5.74, 6) is -0.187. The summed E-state index contributed by atoms with van der Waals surface area (Å²) in [4.78, 5) is 14.7. The Balaban J connectivity index is 1.67. The third kappa shape index (κ3) is 5.44. The van der Waals surface area contributed by atoms with Crippen LogP contribution in [0.2, 0.25) is 0 Å². The van der Waals surface area contributed by atoms with E-state index in [4.69, 9.17) is 10.5 Å². The molecule has 3 N–H and O–H groups in total. The Morgan fingerprint density at radius 1 is 1.08 bits per heavy atom. The average Bonchev–Trinajstić information content (AvgIpc) is 2.82. The quantitative estimate of drug-likeness (QED) is 0.516. The van der Waals surface area contributed by atoms with Crippen molar-refractivity contribution in [3.05, 3.63) is 59.2 Å². The van der Waals surface area contributed by atoms with Gasteiger partial charge in [0.2, 0.25) is 5.91 Å². The second-order valence-electron chi connectivity index (χ2n) is 10.4. The van der Waals surface area contributed by atoms with Crippen LogP contribution in [0.1, 0.15) is 49.5 Å². The van der Waals surface area contributed by atoms with Crippen molar-refractivity contribution < 1.29 is 35.9 Å². The van der Waals surface area contributed by atoms with Gasteiger partial charge in [0.1, 0.15) is 0 Å². The fourth-order valence-corrected chi connectivity index (χ4v) is 5.86. The number of nitrogens with zero attached hydrogens (tertiary/aromatic N) is 1. The van der Waals surface area contributed by atoms with E-state index in [2.05, 4.69) is 5.32 Å². The van der Waals surface area contributed by atoms with Gasteiger partial charge >= 0.3 is 12.4 Å². The number of carbonyl (C=O) groups is 1. The summed E-state index contributed by atoms with van der Waals surface area (Å²) in [7, 11) is 0. The number of allylic oxidation sites excluding steroid dienone is 3. The molecule has 0 spiro atoms. The summed E-state index contributed by atoms with van der Waals surface area (Å²) in [5.41, 5.74) is 1.77. The highest BCUT2D eigenvalue weighted by Gasteiger charge is 2.55. The van der Waals surface area contributed by atoms with Crippen molar-refractivity contribution in [2.75, 3.05) is 26.2 Å². The number of piperidine rings is 1. The summed E-state index contributed by atoms with van der Waals surface area (Å²) >= 11 is 0. The molecule has 2 aliphatic heterocycles. The normalized spacial score (nSPS) is 32.8. The van der Waals surface area contributed by atoms with Crippen LogP contribution in [0, 0.1) is 11.8 Å². The van der Waals surface area contributed by atoms with Gasteiger partial charge < -0.3 is 15.8 Å². The second-order valence-corrected chi connectivity index (χ2v) is 10.4. The van der Waals surface area contributed by atoms with Crippen LogP contribution in [0.25, 0.3) is 0 Å². The van der Waals surface area contributed by atoms with Crippen molar-refractivity contribution in [2.45, 2.75) is 56.2 Å². The fraction of sp³-hybridized carbons (Fsp3) is 0.577. The number of hydrogen-bond acceptors (Lipinski definition) is 4. The molecule has 2 fully saturated rings. The maximum Gasteiger partial charge on any atom is 0.416 e. The number of halogens is 6. The van der Waals surface area contributed by atoms with Crippen LogP contribution in [0.3, 0.4) is 0 Å². The molecule has 1 aromatic rings. The lowest BCUT2D eigenvalue weighted by Gasteiger charge is -2.59. The molecule has 5 nitrogen and oxygen atoms in total. The van der Waals surface area contributed by atoms with E-state index in [1.165, 1.54) is 6.92 Å². The molecule has 2 bridgehead atoms. The standard InChI is InChI=1S/C26H31F6N3O2/c1-16-5-3-4-6-21(16)24(8-7-23(13-33)14-35(24)12-22(36)34-23)15-37-17(2)18-9-19(25(27,28)29)11-20(10-18)26(30,31)32/h3-6,9-11,16-17,21H,7-8,12-15,33H2,1-2H3,(H,34,36)/t16?,17-,21?,23+,24-/m1/s1. The molecule has 0 aromatic heterocycles. The van der Waals surface area contributed by atoms with Crippen molar-refractivity contribution in [1.82, 2.24) is 10.2 Å². The van der Waals surface area contributed by atoms with E-state index in [-0.39, 0.29) is 49.1 Å². The lowest BCUT2D eigenvalue weighted by molar-refractivity contribution is -0.148. The molecule has 11 heteroatoms. The van der Waals surface area contributed by atoms with Crippen LogP contribution in [0.15, 0.2) is 42.5 Å². The summed E-state index contributed by atoms with van der Waals surface area (Å²) in [6, 6.07) is 1.51. The molecule has 0 radical (unpaired) electrons. The summed E-state index contributed by atoms with van der Waals surface area (Å²) in [5, 5.41) is 3.00. The van der Waals surface area contributed by atoms with Crippen LogP contribution in [-0.4, -0.2) is 48.1 Å².